The average molecular weight is 455 g/mol. The number of fused-ring (bicyclic) bond motifs is 7. The second-order valence-corrected chi connectivity index (χ2v) is 14.2. The van der Waals surface area contributed by atoms with Gasteiger partial charge in [0.15, 0.2) is 5.78 Å². The van der Waals surface area contributed by atoms with Crippen LogP contribution in [0.1, 0.15) is 99.3 Å². The lowest BCUT2D eigenvalue weighted by molar-refractivity contribution is -0.176. The number of nitrogens with two attached hydrogens (primary N) is 2. The Morgan fingerprint density at radius 1 is 0.970 bits per heavy atom. The second-order valence-electron chi connectivity index (χ2n) is 14.2. The van der Waals surface area contributed by atoms with Crippen molar-refractivity contribution in [2.24, 2.45) is 62.2 Å². The highest BCUT2D eigenvalue weighted by molar-refractivity contribution is 5.95. The van der Waals surface area contributed by atoms with Gasteiger partial charge in [-0.15, -0.1) is 0 Å². The van der Waals surface area contributed by atoms with Gasteiger partial charge in [0.2, 0.25) is 5.91 Å². The Morgan fingerprint density at radius 2 is 1.64 bits per heavy atom. The van der Waals surface area contributed by atoms with E-state index in [2.05, 4.69) is 47.6 Å². The first-order valence-corrected chi connectivity index (χ1v) is 13.5. The number of hydrogen-bond donors (Lipinski definition) is 2. The molecule has 0 aromatic rings. The van der Waals surface area contributed by atoms with Crippen LogP contribution < -0.4 is 11.5 Å². The maximum Gasteiger partial charge on any atom is 0.223 e. The van der Waals surface area contributed by atoms with Crippen molar-refractivity contribution in [2.45, 2.75) is 105 Å². The van der Waals surface area contributed by atoms with Crippen molar-refractivity contribution in [3.05, 3.63) is 11.6 Å². The van der Waals surface area contributed by atoms with E-state index in [0.29, 0.717) is 17.6 Å². The van der Waals surface area contributed by atoms with Crippen molar-refractivity contribution in [1.29, 1.82) is 0 Å². The van der Waals surface area contributed by atoms with Gasteiger partial charge in [-0.1, -0.05) is 47.1 Å². The topological polar surface area (TPSA) is 86.2 Å². The van der Waals surface area contributed by atoms with Crippen molar-refractivity contribution in [3.63, 3.8) is 0 Å². The molecular formula is C29H46N2O2. The van der Waals surface area contributed by atoms with Crippen LogP contribution in [0.15, 0.2) is 11.6 Å². The summed E-state index contributed by atoms with van der Waals surface area (Å²) in [6.45, 7) is 14.1. The summed E-state index contributed by atoms with van der Waals surface area (Å²) in [5, 5.41) is 0. The molecule has 4 saturated carbocycles. The van der Waals surface area contributed by atoms with E-state index in [1.165, 1.54) is 18.4 Å². The summed E-state index contributed by atoms with van der Waals surface area (Å²) >= 11 is 0. The van der Waals surface area contributed by atoms with Crippen LogP contribution in [-0.4, -0.2) is 17.7 Å². The number of amides is 1. The fourth-order valence-corrected chi connectivity index (χ4v) is 10.1. The van der Waals surface area contributed by atoms with E-state index in [-0.39, 0.29) is 45.4 Å². The molecule has 0 saturated heterocycles. The van der Waals surface area contributed by atoms with Crippen LogP contribution in [-0.2, 0) is 9.59 Å². The number of primary amides is 1. The number of carbonyl (C=O) groups is 2. The predicted molar refractivity (Wildman–Crippen MR) is 132 cm³/mol. The molecule has 4 heteroatoms. The Hall–Kier alpha value is -1.16. The van der Waals surface area contributed by atoms with Crippen molar-refractivity contribution >= 4 is 11.7 Å². The molecule has 33 heavy (non-hydrogen) atoms. The highest BCUT2D eigenvalue weighted by atomic mass is 16.1. The largest absolute Gasteiger partial charge is 0.369 e. The van der Waals surface area contributed by atoms with E-state index in [0.717, 1.165) is 44.9 Å². The number of allylic oxidation sites excluding steroid dienone is 2. The molecule has 1 amide bonds. The third-order valence-electron chi connectivity index (χ3n) is 12.8. The zero-order valence-electron chi connectivity index (χ0n) is 21.8. The molecule has 0 aromatic heterocycles. The van der Waals surface area contributed by atoms with Gasteiger partial charge in [-0.2, -0.15) is 0 Å². The molecule has 5 aliphatic carbocycles. The lowest BCUT2D eigenvalue weighted by Gasteiger charge is -2.69. The van der Waals surface area contributed by atoms with Crippen LogP contribution in [0.5, 0.6) is 0 Å². The first kappa shape index (κ1) is 23.6. The number of ketones is 1. The van der Waals surface area contributed by atoms with Crippen molar-refractivity contribution in [3.8, 4) is 0 Å². The molecule has 0 heterocycles. The van der Waals surface area contributed by atoms with Crippen molar-refractivity contribution in [1.82, 2.24) is 0 Å². The first-order chi connectivity index (χ1) is 15.2. The normalized spacial score (nSPS) is 56.0. The Labute approximate surface area is 200 Å². The number of rotatable bonds is 1. The van der Waals surface area contributed by atoms with Crippen LogP contribution in [0.4, 0.5) is 0 Å². The maximum absolute atomic E-state index is 14.2. The SMILES string of the molecule is C[C@H]1C(N)CC[C@]2(C)[C@H]3C(=O)C=C4[C@@H]5C[C@@](C)(C(N)=O)CC[C@]5(C)CC[C@@]4(C)[C@]3(C)CC[C@@H]12. The summed E-state index contributed by atoms with van der Waals surface area (Å²) in [5.41, 5.74) is 13.5. The lowest BCUT2D eigenvalue weighted by Crippen LogP contribution is -2.65. The molecule has 0 bridgehead atoms. The minimum atomic E-state index is -0.470. The Balaban J connectivity index is 1.61. The third-order valence-corrected chi connectivity index (χ3v) is 12.8. The van der Waals surface area contributed by atoms with E-state index < -0.39 is 5.41 Å². The summed E-state index contributed by atoms with van der Waals surface area (Å²) in [6, 6.07) is 0.261. The maximum atomic E-state index is 14.2. The standard InChI is InChI=1S/C29H46N2O2/c1-17-18-7-10-29(6)23(27(18,4)9-8-21(17)30)22(32)15-19-20-16-26(3,24(31)33)12-11-25(20,2)13-14-28(19,29)5/h15,17-18,20-21,23H,7-14,16,30H2,1-6H3,(H2,31,33)/t17-,18+,20+,21?,23-,25-,26+,27+,28-,29-/m1/s1. The van der Waals surface area contributed by atoms with Gasteiger partial charge in [0.25, 0.3) is 0 Å². The molecule has 4 fully saturated rings. The zero-order chi connectivity index (χ0) is 24.2. The van der Waals surface area contributed by atoms with Crippen molar-refractivity contribution in [2.75, 3.05) is 0 Å². The zero-order valence-corrected chi connectivity index (χ0v) is 21.8. The Morgan fingerprint density at radius 3 is 2.30 bits per heavy atom. The number of carbonyl (C=O) groups excluding carboxylic acids is 2. The van der Waals surface area contributed by atoms with Gasteiger partial charge in [-0.3, -0.25) is 9.59 Å². The first-order valence-electron chi connectivity index (χ1n) is 13.5. The monoisotopic (exact) mass is 454 g/mol. The van der Waals surface area contributed by atoms with Crippen LogP contribution in [0.2, 0.25) is 0 Å². The van der Waals surface area contributed by atoms with Gasteiger partial charge in [-0.05, 0) is 103 Å². The lowest BCUT2D eigenvalue weighted by atomic mass is 9.34. The van der Waals surface area contributed by atoms with E-state index in [4.69, 9.17) is 11.5 Å². The predicted octanol–water partition coefficient (Wildman–Crippen LogP) is 5.39. The Kier molecular flexibility index (Phi) is 4.97. The highest BCUT2D eigenvalue weighted by Gasteiger charge is 2.68. The van der Waals surface area contributed by atoms with Gasteiger partial charge < -0.3 is 11.5 Å². The highest BCUT2D eigenvalue weighted by Crippen LogP contribution is 2.74. The molecular weight excluding hydrogens is 408 g/mol. The smallest absolute Gasteiger partial charge is 0.223 e. The van der Waals surface area contributed by atoms with Gasteiger partial charge in [0, 0.05) is 17.4 Å². The average Bonchev–Trinajstić information content (AvgIpc) is 2.74. The van der Waals surface area contributed by atoms with E-state index in [1.54, 1.807) is 0 Å². The summed E-state index contributed by atoms with van der Waals surface area (Å²) in [7, 11) is 0. The molecule has 0 spiro atoms. The van der Waals surface area contributed by atoms with E-state index in [1.807, 2.05) is 0 Å². The molecule has 5 aliphatic rings. The van der Waals surface area contributed by atoms with E-state index in [9.17, 15) is 9.59 Å². The van der Waals surface area contributed by atoms with Gasteiger partial charge >= 0.3 is 0 Å². The van der Waals surface area contributed by atoms with Gasteiger partial charge in [0.05, 0.1) is 0 Å². The molecule has 0 aromatic carbocycles. The number of hydrogen-bond acceptors (Lipinski definition) is 3. The fourth-order valence-electron chi connectivity index (χ4n) is 10.1. The minimum absolute atomic E-state index is 0.00241. The quantitative estimate of drug-likeness (QED) is 0.557. The molecule has 184 valence electrons. The third kappa shape index (κ3) is 2.85. The molecule has 4 nitrogen and oxygen atoms in total. The molecule has 5 rings (SSSR count). The molecule has 0 aliphatic heterocycles. The summed E-state index contributed by atoms with van der Waals surface area (Å²) in [4.78, 5) is 26.6. The molecule has 0 radical (unpaired) electrons. The molecule has 4 N–H and O–H groups in total. The fraction of sp³-hybridized carbons (Fsp3) is 0.862. The van der Waals surface area contributed by atoms with Crippen LogP contribution in [0, 0.1) is 50.7 Å². The summed E-state index contributed by atoms with van der Waals surface area (Å²) < 4.78 is 0. The van der Waals surface area contributed by atoms with Crippen LogP contribution in [0.3, 0.4) is 0 Å². The molecule has 1 unspecified atom stereocenters. The van der Waals surface area contributed by atoms with Crippen LogP contribution in [0.25, 0.3) is 0 Å². The van der Waals surface area contributed by atoms with E-state index >= 15 is 0 Å². The molecule has 10 atom stereocenters. The second kappa shape index (κ2) is 6.95. The van der Waals surface area contributed by atoms with Crippen LogP contribution >= 0.6 is 0 Å². The van der Waals surface area contributed by atoms with Gasteiger partial charge in [-0.25, -0.2) is 0 Å². The summed E-state index contributed by atoms with van der Waals surface area (Å²) in [6.07, 6.45) is 11.5. The Bertz CT molecular complexity index is 927. The minimum Gasteiger partial charge on any atom is -0.369 e. The van der Waals surface area contributed by atoms with Gasteiger partial charge in [0.1, 0.15) is 0 Å². The van der Waals surface area contributed by atoms with Crippen molar-refractivity contribution < 1.29 is 9.59 Å². The summed E-state index contributed by atoms with van der Waals surface area (Å²) in [5.74, 6) is 1.53.